The zero-order chi connectivity index (χ0) is 34.5. The van der Waals surface area contributed by atoms with E-state index in [0.717, 1.165) is 41.1 Å². The number of anilines is 1. The van der Waals surface area contributed by atoms with Gasteiger partial charge in [0.15, 0.2) is 5.82 Å². The summed E-state index contributed by atoms with van der Waals surface area (Å²) in [4.78, 5) is 27.4. The minimum absolute atomic E-state index is 0.0167. The maximum Gasteiger partial charge on any atom is 0.449 e. The molecule has 1 unspecified atom stereocenters. The zero-order valence-corrected chi connectivity index (χ0v) is 28.0. The SMILES string of the molecule is C=CCN(CC=C)c1nc(OCC2(CC)CCCN2C)nc2c(F)c(-c3cc(O)cc4cccc(Br)c34)ncc12.CC(=O)C(F)(F)F. The van der Waals surface area contributed by atoms with Crippen LogP contribution in [0.1, 0.15) is 33.1 Å². The smallest absolute Gasteiger partial charge is 0.449 e. The second kappa shape index (κ2) is 14.8. The van der Waals surface area contributed by atoms with Gasteiger partial charge in [-0.25, -0.2) is 4.39 Å². The third-order valence-electron chi connectivity index (χ3n) is 8.28. The molecule has 1 aliphatic rings. The van der Waals surface area contributed by atoms with Crippen molar-refractivity contribution in [2.45, 2.75) is 44.8 Å². The molecule has 0 bridgehead atoms. The molecule has 0 saturated carbocycles. The minimum Gasteiger partial charge on any atom is -0.508 e. The van der Waals surface area contributed by atoms with Crippen LogP contribution < -0.4 is 9.64 Å². The summed E-state index contributed by atoms with van der Waals surface area (Å²) in [5.74, 6) is -1.87. The van der Waals surface area contributed by atoms with Crippen LogP contribution in [-0.4, -0.2) is 75.7 Å². The fraction of sp³-hybridized carbons (Fsp3) is 0.353. The van der Waals surface area contributed by atoms with Gasteiger partial charge in [-0.15, -0.1) is 13.2 Å². The zero-order valence-electron chi connectivity index (χ0n) is 26.4. The topological polar surface area (TPSA) is 91.7 Å². The van der Waals surface area contributed by atoms with E-state index in [-0.39, 0.29) is 28.5 Å². The molecular formula is C34H36BrF4N5O3. The normalized spacial score (nSPS) is 16.5. The van der Waals surface area contributed by atoms with Gasteiger partial charge < -0.3 is 14.7 Å². The molecule has 5 rings (SSSR count). The van der Waals surface area contributed by atoms with E-state index in [0.29, 0.717) is 43.4 Å². The number of carbonyl (C=O) groups excluding carboxylic acids is 1. The number of carbonyl (C=O) groups is 1. The van der Waals surface area contributed by atoms with Crippen molar-refractivity contribution in [1.82, 2.24) is 19.9 Å². The van der Waals surface area contributed by atoms with Gasteiger partial charge in [0.2, 0.25) is 5.78 Å². The first-order chi connectivity index (χ1) is 22.3. The fourth-order valence-electron chi connectivity index (χ4n) is 5.63. The van der Waals surface area contributed by atoms with Gasteiger partial charge in [0.05, 0.1) is 10.9 Å². The van der Waals surface area contributed by atoms with E-state index in [1.54, 1.807) is 24.4 Å². The number of Topliss-reactive ketones (excluding diaryl/α,β-unsaturated/α-hetero) is 1. The number of aromatic hydroxyl groups is 1. The summed E-state index contributed by atoms with van der Waals surface area (Å²) in [5, 5.41) is 12.4. The first-order valence-electron chi connectivity index (χ1n) is 14.9. The highest BCUT2D eigenvalue weighted by molar-refractivity contribution is 9.10. The van der Waals surface area contributed by atoms with Crippen molar-refractivity contribution in [2.24, 2.45) is 0 Å². The lowest BCUT2D eigenvalue weighted by Crippen LogP contribution is -2.46. The third-order valence-corrected chi connectivity index (χ3v) is 8.94. The molecule has 4 aromatic rings. The molecule has 3 heterocycles. The number of nitrogens with zero attached hydrogens (tertiary/aromatic N) is 5. The molecule has 1 N–H and O–H groups in total. The first-order valence-corrected chi connectivity index (χ1v) is 15.7. The third kappa shape index (κ3) is 7.73. The first kappa shape index (κ1) is 35.7. The van der Waals surface area contributed by atoms with Gasteiger partial charge in [-0.2, -0.15) is 23.1 Å². The van der Waals surface area contributed by atoms with E-state index in [2.05, 4.69) is 57.9 Å². The molecule has 0 spiro atoms. The van der Waals surface area contributed by atoms with Crippen LogP contribution in [0.25, 0.3) is 32.9 Å². The Bertz CT molecular complexity index is 1790. The minimum atomic E-state index is -4.64. The molecule has 47 heavy (non-hydrogen) atoms. The molecule has 1 atom stereocenters. The molecule has 250 valence electrons. The van der Waals surface area contributed by atoms with Crippen LogP contribution in [0.15, 0.2) is 66.3 Å². The second-order valence-electron chi connectivity index (χ2n) is 11.3. The van der Waals surface area contributed by atoms with Gasteiger partial charge in [0.1, 0.15) is 29.4 Å². The molecule has 0 aliphatic carbocycles. The summed E-state index contributed by atoms with van der Waals surface area (Å²) < 4.78 is 56.0. The molecule has 0 amide bonds. The fourth-order valence-corrected chi connectivity index (χ4v) is 6.23. The van der Waals surface area contributed by atoms with Crippen LogP contribution in [0.4, 0.5) is 23.4 Å². The number of hydrogen-bond acceptors (Lipinski definition) is 8. The summed E-state index contributed by atoms with van der Waals surface area (Å²) >= 11 is 3.58. The molecule has 8 nitrogen and oxygen atoms in total. The summed E-state index contributed by atoms with van der Waals surface area (Å²) in [5.41, 5.74) is 0.512. The molecule has 1 fully saturated rings. The number of fused-ring (bicyclic) bond motifs is 2. The second-order valence-corrected chi connectivity index (χ2v) is 12.1. The number of halogens is 5. The summed E-state index contributed by atoms with van der Waals surface area (Å²) in [7, 11) is 2.11. The van der Waals surface area contributed by atoms with Gasteiger partial charge in [0, 0.05) is 41.6 Å². The van der Waals surface area contributed by atoms with Gasteiger partial charge >= 0.3 is 12.2 Å². The number of ether oxygens (including phenoxy) is 1. The maximum atomic E-state index is 16.5. The van der Waals surface area contributed by atoms with Crippen LogP contribution in [-0.2, 0) is 4.79 Å². The Hall–Kier alpha value is -4.10. The van der Waals surface area contributed by atoms with E-state index < -0.39 is 17.8 Å². The number of phenols is 1. The average molecular weight is 719 g/mol. The highest BCUT2D eigenvalue weighted by Gasteiger charge is 2.38. The number of ketones is 1. The van der Waals surface area contributed by atoms with E-state index in [1.807, 2.05) is 23.1 Å². The van der Waals surface area contributed by atoms with Crippen molar-refractivity contribution in [2.75, 3.05) is 38.2 Å². The molecule has 1 saturated heterocycles. The van der Waals surface area contributed by atoms with Crippen LogP contribution in [0, 0.1) is 5.82 Å². The van der Waals surface area contributed by atoms with Crippen LogP contribution in [0.5, 0.6) is 11.8 Å². The Morgan fingerprint density at radius 2 is 1.89 bits per heavy atom. The highest BCUT2D eigenvalue weighted by Crippen LogP contribution is 2.40. The predicted molar refractivity (Wildman–Crippen MR) is 179 cm³/mol. The van der Waals surface area contributed by atoms with Crippen LogP contribution in [0.3, 0.4) is 0 Å². The maximum absolute atomic E-state index is 16.5. The monoisotopic (exact) mass is 717 g/mol. The number of benzene rings is 2. The summed E-state index contributed by atoms with van der Waals surface area (Å²) in [6, 6.07) is 8.86. The lowest BCUT2D eigenvalue weighted by atomic mass is 9.94. The predicted octanol–water partition coefficient (Wildman–Crippen LogP) is 8.02. The average Bonchev–Trinajstić information content (AvgIpc) is 3.39. The van der Waals surface area contributed by atoms with Crippen LogP contribution in [0.2, 0.25) is 0 Å². The Kier molecular flexibility index (Phi) is 11.2. The van der Waals surface area contributed by atoms with Crippen molar-refractivity contribution < 1.29 is 32.2 Å². The van der Waals surface area contributed by atoms with Crippen molar-refractivity contribution in [1.29, 1.82) is 0 Å². The Labute approximate surface area is 278 Å². The molecular weight excluding hydrogens is 682 g/mol. The Morgan fingerprint density at radius 3 is 2.47 bits per heavy atom. The number of likely N-dealkylation sites (N-methyl/N-ethyl adjacent to an activating group) is 1. The quantitative estimate of drug-likeness (QED) is 0.130. The highest BCUT2D eigenvalue weighted by atomic mass is 79.9. The van der Waals surface area contributed by atoms with E-state index >= 15 is 4.39 Å². The van der Waals surface area contributed by atoms with Gasteiger partial charge in [-0.1, -0.05) is 47.1 Å². The number of hydrogen-bond donors (Lipinski definition) is 1. The lowest BCUT2D eigenvalue weighted by Gasteiger charge is -2.34. The molecule has 1 aliphatic heterocycles. The molecule has 0 radical (unpaired) electrons. The van der Waals surface area contributed by atoms with E-state index in [4.69, 9.17) is 9.72 Å². The van der Waals surface area contributed by atoms with Crippen molar-refractivity contribution in [3.05, 3.63) is 72.1 Å². The van der Waals surface area contributed by atoms with Gasteiger partial charge in [-0.3, -0.25) is 14.7 Å². The van der Waals surface area contributed by atoms with Crippen LogP contribution >= 0.6 is 15.9 Å². The number of rotatable bonds is 10. The summed E-state index contributed by atoms with van der Waals surface area (Å²) in [6.07, 6.45) is 3.49. The Morgan fingerprint density at radius 1 is 1.21 bits per heavy atom. The number of alkyl halides is 3. The standard InChI is InChI=1S/C31H33BrFN5O2.C3H3F3O/c1-5-13-38(14-6-2)29-23-18-34-27(22-17-21(39)16-20-10-8-11-24(32)25(20)22)26(33)28(23)35-30(36-29)40-19-31(7-3)12-9-15-37(31)4;1-2(7)3(4,5)6/h5-6,8,10-11,16-18,39H,1-2,7,9,12-15,19H2,3-4H3;1H3. The Balaban J connectivity index is 0.000000644. The van der Waals surface area contributed by atoms with Crippen molar-refractivity contribution in [3.63, 3.8) is 0 Å². The largest absolute Gasteiger partial charge is 0.508 e. The molecule has 13 heteroatoms. The number of likely N-dealkylation sites (tertiary alicyclic amines) is 1. The summed E-state index contributed by atoms with van der Waals surface area (Å²) in [6.45, 7) is 12.7. The van der Waals surface area contributed by atoms with Crippen molar-refractivity contribution in [3.8, 4) is 23.0 Å². The number of phenolic OH excluding ortho intramolecular Hbond substituents is 1. The van der Waals surface area contributed by atoms with Crippen molar-refractivity contribution >= 4 is 49.2 Å². The number of aromatic nitrogens is 3. The van der Waals surface area contributed by atoms with E-state index in [9.17, 15) is 23.1 Å². The molecule has 2 aromatic carbocycles. The molecule has 2 aromatic heterocycles. The van der Waals surface area contributed by atoms with Gasteiger partial charge in [0.25, 0.3) is 0 Å². The number of pyridine rings is 1. The van der Waals surface area contributed by atoms with Gasteiger partial charge in [-0.05, 0) is 56.4 Å². The lowest BCUT2D eigenvalue weighted by molar-refractivity contribution is -0.168. The van der Waals surface area contributed by atoms with E-state index in [1.165, 1.54) is 6.07 Å².